The molecule has 0 bridgehead atoms. The van der Waals surface area contributed by atoms with E-state index in [1.807, 2.05) is 12.1 Å². The van der Waals surface area contributed by atoms with E-state index < -0.39 is 5.97 Å². The Morgan fingerprint density at radius 3 is 2.30 bits per heavy atom. The smallest absolute Gasteiger partial charge is 0.303 e. The van der Waals surface area contributed by atoms with E-state index in [1.54, 1.807) is 36.4 Å². The SMILES string of the molecule is O=C(O)CCc1ccccc1NC(=O)CCc1ccc(O)cc1. The highest BCUT2D eigenvalue weighted by Crippen LogP contribution is 2.18. The summed E-state index contributed by atoms with van der Waals surface area (Å²) in [6.07, 6.45) is 1.30. The highest BCUT2D eigenvalue weighted by atomic mass is 16.4. The van der Waals surface area contributed by atoms with E-state index in [2.05, 4.69) is 5.32 Å². The van der Waals surface area contributed by atoms with Gasteiger partial charge in [0.25, 0.3) is 0 Å². The van der Waals surface area contributed by atoms with Gasteiger partial charge in [-0.3, -0.25) is 9.59 Å². The number of carboxylic acid groups (broad SMARTS) is 1. The van der Waals surface area contributed by atoms with Crippen molar-refractivity contribution in [2.45, 2.75) is 25.7 Å². The minimum absolute atomic E-state index is 0.0282. The standard InChI is InChI=1S/C18H19NO4/c20-15-9-5-13(6-10-15)7-11-17(21)19-16-4-2-1-3-14(16)8-12-18(22)23/h1-6,9-10,20H,7-8,11-12H2,(H,19,21)(H,22,23). The van der Waals surface area contributed by atoms with Gasteiger partial charge in [0.1, 0.15) is 5.75 Å². The summed E-state index contributed by atoms with van der Waals surface area (Å²) in [6, 6.07) is 14.0. The number of carbonyl (C=O) groups excluding carboxylic acids is 1. The molecule has 0 spiro atoms. The molecule has 2 aromatic carbocycles. The maximum atomic E-state index is 12.1. The maximum Gasteiger partial charge on any atom is 0.303 e. The van der Waals surface area contributed by atoms with Crippen LogP contribution in [0, 0.1) is 0 Å². The largest absolute Gasteiger partial charge is 0.508 e. The van der Waals surface area contributed by atoms with E-state index >= 15 is 0 Å². The number of phenolic OH excluding ortho intramolecular Hbond substituents is 1. The molecule has 0 fully saturated rings. The molecule has 0 heterocycles. The van der Waals surface area contributed by atoms with Crippen LogP contribution < -0.4 is 5.32 Å². The molecule has 0 atom stereocenters. The second-order valence-corrected chi connectivity index (χ2v) is 5.27. The number of aryl methyl sites for hydroxylation is 2. The highest BCUT2D eigenvalue weighted by molar-refractivity contribution is 5.91. The summed E-state index contributed by atoms with van der Waals surface area (Å²) in [6.45, 7) is 0. The number of carbonyl (C=O) groups is 2. The first-order chi connectivity index (χ1) is 11.0. The molecule has 0 aliphatic heterocycles. The zero-order valence-corrected chi connectivity index (χ0v) is 12.7. The number of hydrogen-bond donors (Lipinski definition) is 3. The quantitative estimate of drug-likeness (QED) is 0.733. The minimum Gasteiger partial charge on any atom is -0.508 e. The summed E-state index contributed by atoms with van der Waals surface area (Å²) in [5.74, 6) is -0.787. The Morgan fingerprint density at radius 2 is 1.61 bits per heavy atom. The number of hydrogen-bond acceptors (Lipinski definition) is 3. The van der Waals surface area contributed by atoms with Crippen LogP contribution in [0.5, 0.6) is 5.75 Å². The summed E-state index contributed by atoms with van der Waals surface area (Å²) < 4.78 is 0. The number of anilines is 1. The summed E-state index contributed by atoms with van der Waals surface area (Å²) in [4.78, 5) is 22.8. The van der Waals surface area contributed by atoms with Gasteiger partial charge in [0.15, 0.2) is 0 Å². The molecule has 2 rings (SSSR count). The Kier molecular flexibility index (Phi) is 5.74. The van der Waals surface area contributed by atoms with Crippen molar-refractivity contribution in [3.63, 3.8) is 0 Å². The molecule has 0 saturated heterocycles. The fourth-order valence-corrected chi connectivity index (χ4v) is 2.24. The van der Waals surface area contributed by atoms with Crippen LogP contribution in [-0.2, 0) is 22.4 Å². The zero-order valence-electron chi connectivity index (χ0n) is 12.7. The predicted molar refractivity (Wildman–Crippen MR) is 87.5 cm³/mol. The fourth-order valence-electron chi connectivity index (χ4n) is 2.24. The first-order valence-electron chi connectivity index (χ1n) is 7.42. The third-order valence-corrected chi connectivity index (χ3v) is 3.48. The topological polar surface area (TPSA) is 86.6 Å². The van der Waals surface area contributed by atoms with Gasteiger partial charge in [-0.25, -0.2) is 0 Å². The maximum absolute atomic E-state index is 12.1. The van der Waals surface area contributed by atoms with E-state index in [1.165, 1.54) is 0 Å². The number of phenols is 1. The molecular formula is C18H19NO4. The molecule has 0 aliphatic rings. The minimum atomic E-state index is -0.863. The lowest BCUT2D eigenvalue weighted by atomic mass is 10.1. The highest BCUT2D eigenvalue weighted by Gasteiger charge is 2.08. The number of aliphatic carboxylic acids is 1. The number of benzene rings is 2. The lowest BCUT2D eigenvalue weighted by Gasteiger charge is -2.10. The van der Waals surface area contributed by atoms with Gasteiger partial charge in [0.05, 0.1) is 0 Å². The van der Waals surface area contributed by atoms with Crippen molar-refractivity contribution in [1.82, 2.24) is 0 Å². The molecule has 0 aliphatic carbocycles. The number of rotatable bonds is 7. The Balaban J connectivity index is 1.92. The van der Waals surface area contributed by atoms with Crippen molar-refractivity contribution < 1.29 is 19.8 Å². The van der Waals surface area contributed by atoms with Gasteiger partial charge in [-0.15, -0.1) is 0 Å². The van der Waals surface area contributed by atoms with Gasteiger partial charge in [0, 0.05) is 18.5 Å². The normalized spacial score (nSPS) is 10.3. The van der Waals surface area contributed by atoms with Crippen molar-refractivity contribution in [2.75, 3.05) is 5.32 Å². The lowest BCUT2D eigenvalue weighted by Crippen LogP contribution is -2.14. The molecule has 3 N–H and O–H groups in total. The van der Waals surface area contributed by atoms with Gasteiger partial charge >= 0.3 is 5.97 Å². The van der Waals surface area contributed by atoms with Crippen molar-refractivity contribution in [2.24, 2.45) is 0 Å². The van der Waals surface area contributed by atoms with Crippen LogP contribution >= 0.6 is 0 Å². The molecule has 1 amide bonds. The number of para-hydroxylation sites is 1. The van der Waals surface area contributed by atoms with Crippen LogP contribution in [0.4, 0.5) is 5.69 Å². The van der Waals surface area contributed by atoms with E-state index in [4.69, 9.17) is 5.11 Å². The van der Waals surface area contributed by atoms with Gasteiger partial charge in [0.2, 0.25) is 5.91 Å². The van der Waals surface area contributed by atoms with E-state index in [0.29, 0.717) is 24.9 Å². The van der Waals surface area contributed by atoms with Crippen LogP contribution in [0.3, 0.4) is 0 Å². The molecule has 0 unspecified atom stereocenters. The molecule has 5 heteroatoms. The van der Waals surface area contributed by atoms with Crippen LogP contribution in [-0.4, -0.2) is 22.1 Å². The number of carboxylic acids is 1. The Morgan fingerprint density at radius 1 is 0.913 bits per heavy atom. The van der Waals surface area contributed by atoms with Gasteiger partial charge in [-0.2, -0.15) is 0 Å². The summed E-state index contributed by atoms with van der Waals surface area (Å²) in [5, 5.41) is 20.8. The fraction of sp³-hybridized carbons (Fsp3) is 0.222. The predicted octanol–water partition coefficient (Wildman–Crippen LogP) is 2.98. The van der Waals surface area contributed by atoms with E-state index in [0.717, 1.165) is 11.1 Å². The third kappa shape index (κ3) is 5.47. The second-order valence-electron chi connectivity index (χ2n) is 5.27. The molecule has 2 aromatic rings. The lowest BCUT2D eigenvalue weighted by molar-refractivity contribution is -0.136. The molecular weight excluding hydrogens is 294 g/mol. The molecule has 0 saturated carbocycles. The zero-order chi connectivity index (χ0) is 16.7. The van der Waals surface area contributed by atoms with E-state index in [-0.39, 0.29) is 18.1 Å². The third-order valence-electron chi connectivity index (χ3n) is 3.48. The van der Waals surface area contributed by atoms with E-state index in [9.17, 15) is 14.7 Å². The van der Waals surface area contributed by atoms with Crippen molar-refractivity contribution in [3.8, 4) is 5.75 Å². The van der Waals surface area contributed by atoms with Crippen LogP contribution in [0.1, 0.15) is 24.0 Å². The molecule has 120 valence electrons. The average Bonchev–Trinajstić information content (AvgIpc) is 2.53. The molecule has 5 nitrogen and oxygen atoms in total. The van der Waals surface area contributed by atoms with Gasteiger partial charge in [-0.05, 0) is 42.2 Å². The Labute approximate surface area is 134 Å². The van der Waals surface area contributed by atoms with Crippen LogP contribution in [0.2, 0.25) is 0 Å². The number of aromatic hydroxyl groups is 1. The first-order valence-corrected chi connectivity index (χ1v) is 7.42. The first kappa shape index (κ1) is 16.5. The van der Waals surface area contributed by atoms with Gasteiger partial charge < -0.3 is 15.5 Å². The summed E-state index contributed by atoms with van der Waals surface area (Å²) in [7, 11) is 0. The summed E-state index contributed by atoms with van der Waals surface area (Å²) >= 11 is 0. The average molecular weight is 313 g/mol. The Bertz CT molecular complexity index is 680. The Hall–Kier alpha value is -2.82. The van der Waals surface area contributed by atoms with Gasteiger partial charge in [-0.1, -0.05) is 30.3 Å². The second kappa shape index (κ2) is 7.98. The molecule has 0 radical (unpaired) electrons. The van der Waals surface area contributed by atoms with Crippen molar-refractivity contribution in [3.05, 3.63) is 59.7 Å². The van der Waals surface area contributed by atoms with Crippen LogP contribution in [0.15, 0.2) is 48.5 Å². The van der Waals surface area contributed by atoms with Crippen molar-refractivity contribution in [1.29, 1.82) is 0 Å². The van der Waals surface area contributed by atoms with Crippen molar-refractivity contribution >= 4 is 17.6 Å². The van der Waals surface area contributed by atoms with Crippen LogP contribution in [0.25, 0.3) is 0 Å². The molecule has 23 heavy (non-hydrogen) atoms. The monoisotopic (exact) mass is 313 g/mol. The molecule has 0 aromatic heterocycles. The summed E-state index contributed by atoms with van der Waals surface area (Å²) in [5.41, 5.74) is 2.44. The number of amides is 1. The number of nitrogens with one attached hydrogen (secondary N) is 1.